The number of para-hydroxylation sites is 1. The Morgan fingerprint density at radius 2 is 2.05 bits per heavy atom. The standard InChI is InChI=1S/C16H18N2O3/c1-11(7-8-15(20)21)18-14(19)10-13-5-2-4-12-6-3-9-17-16(12)13/h2-6,9,11H,7-8,10H2,1H3,(H,18,19)(H,20,21). The minimum absolute atomic E-state index is 0.0528. The maximum atomic E-state index is 12.0. The highest BCUT2D eigenvalue weighted by Crippen LogP contribution is 2.16. The van der Waals surface area contributed by atoms with Crippen LogP contribution in [0.25, 0.3) is 10.9 Å². The molecule has 1 aromatic heterocycles. The molecule has 1 heterocycles. The Morgan fingerprint density at radius 1 is 1.29 bits per heavy atom. The minimum Gasteiger partial charge on any atom is -0.481 e. The van der Waals surface area contributed by atoms with Gasteiger partial charge in [-0.2, -0.15) is 0 Å². The van der Waals surface area contributed by atoms with E-state index in [0.717, 1.165) is 16.5 Å². The predicted octanol–water partition coefficient (Wildman–Crippen LogP) is 2.15. The molecule has 21 heavy (non-hydrogen) atoms. The largest absolute Gasteiger partial charge is 0.481 e. The topological polar surface area (TPSA) is 79.3 Å². The molecule has 110 valence electrons. The van der Waals surface area contributed by atoms with Crippen molar-refractivity contribution in [2.24, 2.45) is 0 Å². The van der Waals surface area contributed by atoms with E-state index in [-0.39, 0.29) is 24.8 Å². The van der Waals surface area contributed by atoms with E-state index in [1.54, 1.807) is 6.20 Å². The molecular weight excluding hydrogens is 268 g/mol. The van der Waals surface area contributed by atoms with Gasteiger partial charge in [0.1, 0.15) is 0 Å². The lowest BCUT2D eigenvalue weighted by Crippen LogP contribution is -2.34. The fourth-order valence-electron chi connectivity index (χ4n) is 2.22. The van der Waals surface area contributed by atoms with Crippen molar-refractivity contribution in [3.05, 3.63) is 42.1 Å². The Labute approximate surface area is 123 Å². The van der Waals surface area contributed by atoms with E-state index in [1.807, 2.05) is 37.3 Å². The summed E-state index contributed by atoms with van der Waals surface area (Å²) in [4.78, 5) is 26.8. The van der Waals surface area contributed by atoms with Gasteiger partial charge in [-0.15, -0.1) is 0 Å². The first-order chi connectivity index (χ1) is 10.1. The van der Waals surface area contributed by atoms with Crippen molar-refractivity contribution in [1.82, 2.24) is 10.3 Å². The van der Waals surface area contributed by atoms with Crippen LogP contribution in [0.2, 0.25) is 0 Å². The maximum Gasteiger partial charge on any atom is 0.303 e. The number of carboxylic acids is 1. The molecule has 0 radical (unpaired) electrons. The Bertz CT molecular complexity index is 650. The first-order valence-corrected chi connectivity index (χ1v) is 6.90. The number of carbonyl (C=O) groups excluding carboxylic acids is 1. The number of nitrogens with one attached hydrogen (secondary N) is 1. The van der Waals surface area contributed by atoms with E-state index in [2.05, 4.69) is 10.3 Å². The van der Waals surface area contributed by atoms with E-state index in [0.29, 0.717) is 6.42 Å². The zero-order valence-corrected chi connectivity index (χ0v) is 11.9. The van der Waals surface area contributed by atoms with E-state index in [4.69, 9.17) is 5.11 Å². The highest BCUT2D eigenvalue weighted by Gasteiger charge is 2.11. The summed E-state index contributed by atoms with van der Waals surface area (Å²) in [6, 6.07) is 9.41. The second kappa shape index (κ2) is 6.83. The van der Waals surface area contributed by atoms with E-state index in [1.165, 1.54) is 0 Å². The first-order valence-electron chi connectivity index (χ1n) is 6.90. The van der Waals surface area contributed by atoms with Crippen molar-refractivity contribution >= 4 is 22.8 Å². The van der Waals surface area contributed by atoms with Crippen LogP contribution >= 0.6 is 0 Å². The SMILES string of the molecule is CC(CCC(=O)O)NC(=O)Cc1cccc2cccnc12. The zero-order valence-electron chi connectivity index (χ0n) is 11.9. The summed E-state index contributed by atoms with van der Waals surface area (Å²) in [5.74, 6) is -0.972. The molecule has 1 atom stereocenters. The molecule has 1 aromatic carbocycles. The number of aliphatic carboxylic acids is 1. The molecule has 0 aliphatic heterocycles. The molecular formula is C16H18N2O3. The van der Waals surface area contributed by atoms with Gasteiger partial charge in [0.2, 0.25) is 5.91 Å². The number of pyridine rings is 1. The van der Waals surface area contributed by atoms with Crippen LogP contribution in [0.1, 0.15) is 25.3 Å². The van der Waals surface area contributed by atoms with Gasteiger partial charge in [-0.3, -0.25) is 14.6 Å². The van der Waals surface area contributed by atoms with Crippen LogP contribution in [0.5, 0.6) is 0 Å². The van der Waals surface area contributed by atoms with Crippen LogP contribution in [0.15, 0.2) is 36.5 Å². The number of amides is 1. The molecule has 0 bridgehead atoms. The second-order valence-corrected chi connectivity index (χ2v) is 5.07. The number of nitrogens with zero attached hydrogens (tertiary/aromatic N) is 1. The normalized spacial score (nSPS) is 12.0. The summed E-state index contributed by atoms with van der Waals surface area (Å²) in [6.45, 7) is 1.81. The predicted molar refractivity (Wildman–Crippen MR) is 79.9 cm³/mol. The number of fused-ring (bicyclic) bond motifs is 1. The molecule has 5 nitrogen and oxygen atoms in total. The highest BCUT2D eigenvalue weighted by atomic mass is 16.4. The van der Waals surface area contributed by atoms with Crippen LogP contribution in [0.4, 0.5) is 0 Å². The van der Waals surface area contributed by atoms with Crippen LogP contribution < -0.4 is 5.32 Å². The fraction of sp³-hybridized carbons (Fsp3) is 0.312. The van der Waals surface area contributed by atoms with Crippen LogP contribution in [-0.4, -0.2) is 28.0 Å². The number of carbonyl (C=O) groups is 2. The van der Waals surface area contributed by atoms with Crippen LogP contribution in [0.3, 0.4) is 0 Å². The minimum atomic E-state index is -0.852. The Hall–Kier alpha value is -2.43. The number of carboxylic acid groups (broad SMARTS) is 1. The third-order valence-corrected chi connectivity index (χ3v) is 3.27. The third-order valence-electron chi connectivity index (χ3n) is 3.27. The second-order valence-electron chi connectivity index (χ2n) is 5.07. The van der Waals surface area contributed by atoms with Gasteiger partial charge in [0.25, 0.3) is 0 Å². The van der Waals surface area contributed by atoms with Gasteiger partial charge in [0.05, 0.1) is 11.9 Å². The zero-order chi connectivity index (χ0) is 15.2. The smallest absolute Gasteiger partial charge is 0.303 e. The quantitative estimate of drug-likeness (QED) is 0.852. The number of benzene rings is 1. The molecule has 0 spiro atoms. The molecule has 0 saturated carbocycles. The lowest BCUT2D eigenvalue weighted by molar-refractivity contribution is -0.137. The van der Waals surface area contributed by atoms with Crippen molar-refractivity contribution in [3.63, 3.8) is 0 Å². The number of hydrogen-bond donors (Lipinski definition) is 2. The molecule has 0 saturated heterocycles. The average Bonchev–Trinajstić information content (AvgIpc) is 2.45. The van der Waals surface area contributed by atoms with Crippen molar-refractivity contribution in [2.45, 2.75) is 32.2 Å². The van der Waals surface area contributed by atoms with Crippen molar-refractivity contribution in [3.8, 4) is 0 Å². The summed E-state index contributed by atoms with van der Waals surface area (Å²) in [6.07, 6.45) is 2.43. The number of hydrogen-bond acceptors (Lipinski definition) is 3. The van der Waals surface area contributed by atoms with Gasteiger partial charge in [0, 0.05) is 24.0 Å². The lowest BCUT2D eigenvalue weighted by Gasteiger charge is -2.13. The molecule has 2 rings (SSSR count). The van der Waals surface area contributed by atoms with E-state index >= 15 is 0 Å². The monoisotopic (exact) mass is 286 g/mol. The molecule has 1 amide bonds. The molecule has 0 aliphatic carbocycles. The van der Waals surface area contributed by atoms with Crippen LogP contribution in [-0.2, 0) is 16.0 Å². The van der Waals surface area contributed by atoms with Gasteiger partial charge in [-0.05, 0) is 25.0 Å². The lowest BCUT2D eigenvalue weighted by atomic mass is 10.1. The van der Waals surface area contributed by atoms with Crippen molar-refractivity contribution < 1.29 is 14.7 Å². The average molecular weight is 286 g/mol. The summed E-state index contributed by atoms with van der Waals surface area (Å²) >= 11 is 0. The molecule has 1 unspecified atom stereocenters. The van der Waals surface area contributed by atoms with E-state index < -0.39 is 5.97 Å². The summed E-state index contributed by atoms with van der Waals surface area (Å²) in [5, 5.41) is 12.4. The molecule has 2 N–H and O–H groups in total. The Balaban J connectivity index is 2.00. The maximum absolute atomic E-state index is 12.0. The molecule has 0 aliphatic rings. The van der Waals surface area contributed by atoms with Crippen molar-refractivity contribution in [2.75, 3.05) is 0 Å². The molecule has 2 aromatic rings. The van der Waals surface area contributed by atoms with Gasteiger partial charge in [0.15, 0.2) is 0 Å². The van der Waals surface area contributed by atoms with Gasteiger partial charge < -0.3 is 10.4 Å². The molecule has 5 heteroatoms. The number of rotatable bonds is 6. The third kappa shape index (κ3) is 4.27. The van der Waals surface area contributed by atoms with Crippen molar-refractivity contribution in [1.29, 1.82) is 0 Å². The number of aromatic nitrogens is 1. The fourth-order valence-corrected chi connectivity index (χ4v) is 2.22. The summed E-state index contributed by atoms with van der Waals surface area (Å²) in [5.41, 5.74) is 1.70. The van der Waals surface area contributed by atoms with Gasteiger partial charge in [-0.25, -0.2) is 0 Å². The van der Waals surface area contributed by atoms with E-state index in [9.17, 15) is 9.59 Å². The van der Waals surface area contributed by atoms with Gasteiger partial charge >= 0.3 is 5.97 Å². The first kappa shape index (κ1) is 15.0. The summed E-state index contributed by atoms with van der Waals surface area (Å²) < 4.78 is 0. The molecule has 0 fully saturated rings. The Morgan fingerprint density at radius 3 is 2.81 bits per heavy atom. The highest BCUT2D eigenvalue weighted by molar-refractivity contribution is 5.87. The van der Waals surface area contributed by atoms with Gasteiger partial charge in [-0.1, -0.05) is 24.3 Å². The van der Waals surface area contributed by atoms with Crippen LogP contribution in [0, 0.1) is 0 Å². The Kier molecular flexibility index (Phi) is 4.87. The summed E-state index contributed by atoms with van der Waals surface area (Å²) in [7, 11) is 0.